The van der Waals surface area contributed by atoms with E-state index in [0.717, 1.165) is 34.0 Å². The zero-order valence-corrected chi connectivity index (χ0v) is 15.9. The number of hydrogen-bond acceptors (Lipinski definition) is 1. The van der Waals surface area contributed by atoms with Crippen molar-refractivity contribution in [1.29, 1.82) is 5.26 Å². The Hall–Kier alpha value is -2.11. The molecule has 2 nitrogen and oxygen atoms in total. The second kappa shape index (κ2) is 6.56. The van der Waals surface area contributed by atoms with Gasteiger partial charge in [0.2, 0.25) is 0 Å². The van der Waals surface area contributed by atoms with Crippen LogP contribution in [-0.2, 0) is 5.41 Å². The maximum absolute atomic E-state index is 10.5. The van der Waals surface area contributed by atoms with Crippen molar-refractivity contribution in [3.8, 4) is 6.07 Å². The average Bonchev–Trinajstić information content (AvgIpc) is 3.12. The summed E-state index contributed by atoms with van der Waals surface area (Å²) >= 11 is 0. The number of hydrogen-bond donors (Lipinski definition) is 0. The Bertz CT molecular complexity index is 748. The van der Waals surface area contributed by atoms with E-state index in [1.54, 1.807) is 0 Å². The number of fused-ring (bicyclic) bond motifs is 2. The Balaban J connectivity index is 1.78. The Kier molecular flexibility index (Phi) is 4.37. The lowest BCUT2D eigenvalue weighted by Crippen LogP contribution is -2.59. The molecule has 3 unspecified atom stereocenters. The molecule has 0 N–H and O–H groups in total. The Morgan fingerprint density at radius 1 is 0.923 bits per heavy atom. The monoisotopic (exact) mass is 345 g/mol. The van der Waals surface area contributed by atoms with Crippen LogP contribution < -0.4 is 0 Å². The number of nitrogens with zero attached hydrogens (tertiary/aromatic N) is 2. The number of piperidine rings is 1. The molecule has 0 radical (unpaired) electrons. The lowest BCUT2D eigenvalue weighted by Gasteiger charge is -2.48. The Morgan fingerprint density at radius 2 is 1.50 bits per heavy atom. The van der Waals surface area contributed by atoms with Crippen molar-refractivity contribution in [2.75, 3.05) is 14.1 Å². The average molecular weight is 346 g/mol. The van der Waals surface area contributed by atoms with Crippen molar-refractivity contribution in [3.63, 3.8) is 0 Å². The van der Waals surface area contributed by atoms with Gasteiger partial charge in [-0.15, -0.1) is 0 Å². The first-order valence-corrected chi connectivity index (χ1v) is 9.92. The van der Waals surface area contributed by atoms with Gasteiger partial charge in [-0.3, -0.25) is 0 Å². The quantitative estimate of drug-likeness (QED) is 0.723. The summed E-state index contributed by atoms with van der Waals surface area (Å²) in [6, 6.07) is 24.9. The fourth-order valence-corrected chi connectivity index (χ4v) is 5.52. The molecule has 0 spiro atoms. The molecule has 1 aliphatic carbocycles. The number of likely N-dealkylation sites (tertiary alicyclic amines) is 1. The van der Waals surface area contributed by atoms with Crippen molar-refractivity contribution < 1.29 is 4.48 Å². The minimum atomic E-state index is -0.570. The summed E-state index contributed by atoms with van der Waals surface area (Å²) in [4.78, 5) is 0. The van der Waals surface area contributed by atoms with E-state index in [9.17, 15) is 5.26 Å². The van der Waals surface area contributed by atoms with Gasteiger partial charge in [0.25, 0.3) is 0 Å². The van der Waals surface area contributed by atoms with E-state index < -0.39 is 5.41 Å². The molecule has 2 fully saturated rings. The first kappa shape index (κ1) is 17.3. The van der Waals surface area contributed by atoms with E-state index >= 15 is 0 Å². The van der Waals surface area contributed by atoms with Crippen LogP contribution in [0.15, 0.2) is 60.7 Å². The predicted octanol–water partition coefficient (Wildman–Crippen LogP) is 4.90. The molecule has 1 saturated carbocycles. The lowest BCUT2D eigenvalue weighted by atomic mass is 9.69. The molecular formula is C24H29N2+. The molecule has 2 aromatic rings. The van der Waals surface area contributed by atoms with Crippen LogP contribution in [0.1, 0.15) is 43.2 Å². The molecule has 2 aromatic carbocycles. The molecular weight excluding hydrogens is 316 g/mol. The molecule has 0 amide bonds. The summed E-state index contributed by atoms with van der Waals surface area (Å²) < 4.78 is 1.07. The first-order chi connectivity index (χ1) is 12.6. The maximum Gasteiger partial charge on any atom is 0.113 e. The predicted molar refractivity (Wildman–Crippen MR) is 106 cm³/mol. The summed E-state index contributed by atoms with van der Waals surface area (Å²) in [6.07, 6.45) is 6.26. The van der Waals surface area contributed by atoms with Gasteiger partial charge in [-0.25, -0.2) is 0 Å². The van der Waals surface area contributed by atoms with Crippen LogP contribution in [0.25, 0.3) is 0 Å². The molecule has 2 heteroatoms. The highest BCUT2D eigenvalue weighted by molar-refractivity contribution is 5.46. The molecule has 1 saturated heterocycles. The third-order valence-electron chi connectivity index (χ3n) is 7.27. The van der Waals surface area contributed by atoms with Crippen LogP contribution in [0.3, 0.4) is 0 Å². The van der Waals surface area contributed by atoms with Gasteiger partial charge in [-0.1, -0.05) is 60.7 Å². The zero-order valence-electron chi connectivity index (χ0n) is 15.9. The van der Waals surface area contributed by atoms with Crippen molar-refractivity contribution in [3.05, 3.63) is 71.8 Å². The van der Waals surface area contributed by atoms with Crippen LogP contribution in [0, 0.1) is 17.2 Å². The standard InChI is InChI=1S/C24H29N2/c1-26(2)22-14-13-19(15-22)16-23(26)17-24(18-25,20-9-5-3-6-10-20)21-11-7-4-8-12-21/h3-12,19,22-23H,13-17H2,1-2H3/q+1. The van der Waals surface area contributed by atoms with Gasteiger partial charge in [0.1, 0.15) is 5.41 Å². The van der Waals surface area contributed by atoms with Crippen LogP contribution >= 0.6 is 0 Å². The number of quaternary nitrogens is 1. The largest absolute Gasteiger partial charge is 0.324 e. The highest BCUT2D eigenvalue weighted by atomic mass is 15.4. The summed E-state index contributed by atoms with van der Waals surface area (Å²) in [5.74, 6) is 0.860. The van der Waals surface area contributed by atoms with Crippen molar-refractivity contribution in [2.24, 2.45) is 5.92 Å². The molecule has 26 heavy (non-hydrogen) atoms. The third kappa shape index (κ3) is 2.75. The van der Waals surface area contributed by atoms with Crippen molar-refractivity contribution in [2.45, 2.75) is 49.6 Å². The smallest absolute Gasteiger partial charge is 0.113 e. The van der Waals surface area contributed by atoms with Crippen molar-refractivity contribution >= 4 is 0 Å². The first-order valence-electron chi connectivity index (χ1n) is 9.92. The topological polar surface area (TPSA) is 23.8 Å². The van der Waals surface area contributed by atoms with Crippen LogP contribution in [-0.4, -0.2) is 30.7 Å². The highest BCUT2D eigenvalue weighted by Crippen LogP contribution is 2.47. The van der Waals surface area contributed by atoms with E-state index in [4.69, 9.17) is 0 Å². The number of rotatable bonds is 4. The van der Waals surface area contributed by atoms with E-state index in [-0.39, 0.29) is 0 Å². The van der Waals surface area contributed by atoms with E-state index in [2.05, 4.69) is 68.7 Å². The molecule has 2 aliphatic rings. The van der Waals surface area contributed by atoms with Gasteiger partial charge in [0, 0.05) is 19.3 Å². The zero-order chi connectivity index (χ0) is 18.2. The minimum absolute atomic E-state index is 0.529. The molecule has 0 aromatic heterocycles. The fraction of sp³-hybridized carbons (Fsp3) is 0.458. The molecule has 1 aliphatic heterocycles. The summed E-state index contributed by atoms with van der Waals surface area (Å²) in [6.45, 7) is 0. The maximum atomic E-state index is 10.5. The molecule has 1 heterocycles. The van der Waals surface area contributed by atoms with Gasteiger partial charge < -0.3 is 4.48 Å². The highest BCUT2D eigenvalue weighted by Gasteiger charge is 2.51. The van der Waals surface area contributed by atoms with Gasteiger partial charge in [-0.2, -0.15) is 5.26 Å². The van der Waals surface area contributed by atoms with Crippen molar-refractivity contribution in [1.82, 2.24) is 0 Å². The third-order valence-corrected chi connectivity index (χ3v) is 7.27. The van der Waals surface area contributed by atoms with E-state index in [1.165, 1.54) is 25.7 Å². The summed E-state index contributed by atoms with van der Waals surface area (Å²) in [5.41, 5.74) is 1.69. The van der Waals surface area contributed by atoms with Gasteiger partial charge in [-0.05, 0) is 29.9 Å². The molecule has 134 valence electrons. The van der Waals surface area contributed by atoms with Gasteiger partial charge in [0.05, 0.1) is 32.2 Å². The SMILES string of the molecule is C[N+]1(C)C2CCC(C2)CC1CC(C#N)(c1ccccc1)c1ccccc1. The normalized spacial score (nSPS) is 27.0. The minimum Gasteiger partial charge on any atom is -0.324 e. The second-order valence-electron chi connectivity index (χ2n) is 8.80. The van der Waals surface area contributed by atoms with Gasteiger partial charge in [0.15, 0.2) is 0 Å². The lowest BCUT2D eigenvalue weighted by molar-refractivity contribution is -0.943. The summed E-state index contributed by atoms with van der Waals surface area (Å²) in [5, 5.41) is 10.5. The number of nitriles is 1. The number of benzene rings is 2. The van der Waals surface area contributed by atoms with Crippen LogP contribution in [0.4, 0.5) is 0 Å². The van der Waals surface area contributed by atoms with Crippen LogP contribution in [0.2, 0.25) is 0 Å². The van der Waals surface area contributed by atoms with Crippen LogP contribution in [0.5, 0.6) is 0 Å². The Morgan fingerprint density at radius 3 is 2.04 bits per heavy atom. The molecule has 4 rings (SSSR count). The van der Waals surface area contributed by atoms with E-state index in [0.29, 0.717) is 6.04 Å². The fourth-order valence-electron chi connectivity index (χ4n) is 5.52. The molecule has 3 atom stereocenters. The van der Waals surface area contributed by atoms with E-state index in [1.807, 2.05) is 12.1 Å². The Labute approximate surface area is 157 Å². The second-order valence-corrected chi connectivity index (χ2v) is 8.80. The van der Waals surface area contributed by atoms with Gasteiger partial charge >= 0.3 is 0 Å². The summed E-state index contributed by atoms with van der Waals surface area (Å²) in [7, 11) is 4.80. The molecule has 2 bridgehead atoms.